The van der Waals surface area contributed by atoms with Crippen LogP contribution in [0.15, 0.2) is 100 Å². The molecule has 44 heavy (non-hydrogen) atoms. The highest BCUT2D eigenvalue weighted by atomic mass is 35.5. The maximum Gasteiger partial charge on any atom is 0.283 e. The third-order valence-corrected chi connectivity index (χ3v) is 10.8. The Morgan fingerprint density at radius 3 is 2.18 bits per heavy atom. The lowest BCUT2D eigenvalue weighted by atomic mass is 9.80. The molecule has 2 aromatic rings. The lowest BCUT2D eigenvalue weighted by Crippen LogP contribution is -2.30. The molecule has 0 aromatic heterocycles. The van der Waals surface area contributed by atoms with Gasteiger partial charge in [0.15, 0.2) is 5.88 Å². The van der Waals surface area contributed by atoms with Crippen LogP contribution in [0.25, 0.3) is 5.57 Å². The molecule has 1 aliphatic heterocycles. The van der Waals surface area contributed by atoms with Gasteiger partial charge in [-0.15, -0.1) is 0 Å². The van der Waals surface area contributed by atoms with Crippen LogP contribution in [0.3, 0.4) is 0 Å². The predicted octanol–water partition coefficient (Wildman–Crippen LogP) is 7.70. The van der Waals surface area contributed by atoms with Crippen molar-refractivity contribution in [1.82, 2.24) is 0 Å². The van der Waals surface area contributed by atoms with Gasteiger partial charge >= 0.3 is 0 Å². The van der Waals surface area contributed by atoms with Crippen LogP contribution in [-0.4, -0.2) is 37.6 Å². The van der Waals surface area contributed by atoms with E-state index in [4.69, 9.17) is 11.6 Å². The predicted molar refractivity (Wildman–Crippen MR) is 178 cm³/mol. The summed E-state index contributed by atoms with van der Waals surface area (Å²) in [5.41, 5.74) is 7.46. The molecule has 10 heteroatoms. The first-order chi connectivity index (χ1) is 20.5. The second-order valence-electron chi connectivity index (χ2n) is 12.6. The lowest BCUT2D eigenvalue weighted by Gasteiger charge is -2.26. The summed E-state index contributed by atoms with van der Waals surface area (Å²) >= 11 is 6.99. The van der Waals surface area contributed by atoms with Gasteiger partial charge in [-0.3, -0.25) is 9.11 Å². The first-order valence-electron chi connectivity index (χ1n) is 14.6. The van der Waals surface area contributed by atoms with Gasteiger partial charge in [0.05, 0.1) is 5.75 Å². The minimum absolute atomic E-state index is 0.197. The minimum Gasteiger partial charge on any atom is -0.327 e. The van der Waals surface area contributed by atoms with Crippen LogP contribution in [0.4, 0.5) is 5.69 Å². The number of nitrogens with zero attached hydrogens (tertiary/aromatic N) is 1. The smallest absolute Gasteiger partial charge is 0.283 e. The molecule has 1 heterocycles. The number of halogens is 1. The zero-order valence-corrected chi connectivity index (χ0v) is 27.7. The highest BCUT2D eigenvalue weighted by molar-refractivity contribution is 7.86. The van der Waals surface area contributed by atoms with E-state index in [0.717, 1.165) is 69.6 Å². The van der Waals surface area contributed by atoms with Gasteiger partial charge in [-0.2, -0.15) is 16.8 Å². The summed E-state index contributed by atoms with van der Waals surface area (Å²) in [6.07, 6.45) is 10.5. The van der Waals surface area contributed by atoms with Crippen LogP contribution >= 0.6 is 11.6 Å². The summed E-state index contributed by atoms with van der Waals surface area (Å²) in [5, 5.41) is 0.632. The molecular weight excluding hydrogens is 618 g/mol. The van der Waals surface area contributed by atoms with Crippen molar-refractivity contribution in [3.8, 4) is 0 Å². The zero-order chi connectivity index (χ0) is 32.1. The molecule has 2 aliphatic carbocycles. The number of benzene rings is 2. The second kappa shape index (κ2) is 11.8. The van der Waals surface area contributed by atoms with Crippen molar-refractivity contribution in [2.24, 2.45) is 0 Å². The molecule has 3 aliphatic rings. The van der Waals surface area contributed by atoms with E-state index >= 15 is 0 Å². The Balaban J connectivity index is 1.52. The minimum atomic E-state index is -4.29. The molecule has 0 bridgehead atoms. The van der Waals surface area contributed by atoms with E-state index in [1.165, 1.54) is 0 Å². The van der Waals surface area contributed by atoms with E-state index in [1.54, 1.807) is 4.90 Å². The fourth-order valence-electron chi connectivity index (χ4n) is 6.78. The van der Waals surface area contributed by atoms with Crippen LogP contribution in [0.1, 0.15) is 70.1 Å². The molecule has 234 valence electrons. The Hall–Kier alpha value is -2.95. The number of fused-ring (bicyclic) bond motifs is 2. The van der Waals surface area contributed by atoms with Crippen molar-refractivity contribution in [2.75, 3.05) is 16.5 Å². The monoisotopic (exact) mass is 655 g/mol. The number of hydrogen-bond donors (Lipinski definition) is 2. The number of hydrogen-bond acceptors (Lipinski definition) is 5. The van der Waals surface area contributed by atoms with Gasteiger partial charge in [0.25, 0.3) is 20.2 Å². The quantitative estimate of drug-likeness (QED) is 0.280. The Bertz CT molecular complexity index is 1880. The molecule has 0 spiro atoms. The van der Waals surface area contributed by atoms with Crippen LogP contribution in [0.5, 0.6) is 0 Å². The van der Waals surface area contributed by atoms with Crippen molar-refractivity contribution in [3.63, 3.8) is 0 Å². The molecule has 2 aromatic carbocycles. The molecule has 0 fully saturated rings. The third-order valence-electron chi connectivity index (χ3n) is 8.98. The maximum absolute atomic E-state index is 12.0. The molecule has 0 amide bonds. The number of para-hydroxylation sites is 1. The zero-order valence-electron chi connectivity index (χ0n) is 25.3. The summed E-state index contributed by atoms with van der Waals surface area (Å²) in [4.78, 5) is 1.64. The Kier molecular flexibility index (Phi) is 8.67. The van der Waals surface area contributed by atoms with Gasteiger partial charge < -0.3 is 4.90 Å². The summed E-state index contributed by atoms with van der Waals surface area (Å²) in [7, 11) is -8.42. The van der Waals surface area contributed by atoms with Gasteiger partial charge in [-0.25, -0.2) is 0 Å². The van der Waals surface area contributed by atoms with Crippen molar-refractivity contribution in [1.29, 1.82) is 0 Å². The van der Waals surface area contributed by atoms with Gasteiger partial charge in [0.1, 0.15) is 0 Å². The van der Waals surface area contributed by atoms with E-state index in [2.05, 4.69) is 19.9 Å². The highest BCUT2D eigenvalue weighted by Gasteiger charge is 2.41. The van der Waals surface area contributed by atoms with Crippen molar-refractivity contribution < 1.29 is 25.9 Å². The molecular formula is C34H38ClNO6S2. The van der Waals surface area contributed by atoms with Gasteiger partial charge in [0, 0.05) is 27.2 Å². The van der Waals surface area contributed by atoms with E-state index < -0.39 is 31.5 Å². The van der Waals surface area contributed by atoms with Crippen molar-refractivity contribution >= 4 is 43.1 Å². The molecule has 2 N–H and O–H groups in total. The molecule has 5 rings (SSSR count). The number of rotatable bonds is 8. The maximum atomic E-state index is 12.0. The van der Waals surface area contributed by atoms with Crippen LogP contribution in [-0.2, 0) is 31.1 Å². The third kappa shape index (κ3) is 6.39. The summed E-state index contributed by atoms with van der Waals surface area (Å²) < 4.78 is 66.4. The van der Waals surface area contributed by atoms with Crippen LogP contribution in [0, 0.1) is 0 Å². The second-order valence-corrected chi connectivity index (χ2v) is 16.0. The number of allylic oxidation sites excluding steroid dienone is 10. The normalized spacial score (nSPS) is 21.6. The molecule has 7 nitrogen and oxygen atoms in total. The van der Waals surface area contributed by atoms with Crippen molar-refractivity contribution in [2.45, 2.75) is 64.2 Å². The Morgan fingerprint density at radius 2 is 1.50 bits per heavy atom. The van der Waals surface area contributed by atoms with E-state index in [1.807, 2.05) is 80.6 Å². The average molecular weight is 656 g/mol. The molecule has 0 atom stereocenters. The topological polar surface area (TPSA) is 112 Å². The fourth-order valence-corrected chi connectivity index (χ4v) is 8.16. The standard InChI is InChI=1S/C34H38ClNO6S2/c1-33(2)27-13-6-5-12-25(27)26(20-21-43(37,38)39)28(33)18-16-23-10-9-11-24(32(23)35)17-19-31-34(3,4)29-14-7-8-15-30(29)36(31)22-44(40,41)42/h5-8,12-19H,9-11,20-22H2,1-4H3,(H,37,38,39)(H,40,41,42)/b18-16+,24-17+,31-19+. The largest absolute Gasteiger partial charge is 0.327 e. The van der Waals surface area contributed by atoms with Gasteiger partial charge in [-0.1, -0.05) is 100.0 Å². The highest BCUT2D eigenvalue weighted by Crippen LogP contribution is 2.49. The average Bonchev–Trinajstić information content (AvgIpc) is 3.28. The molecule has 0 saturated heterocycles. The lowest BCUT2D eigenvalue weighted by molar-refractivity contribution is 0.480. The number of anilines is 1. The first-order valence-corrected chi connectivity index (χ1v) is 18.2. The Labute approximate surface area is 265 Å². The summed E-state index contributed by atoms with van der Waals surface area (Å²) in [6, 6.07) is 15.5. The Morgan fingerprint density at radius 1 is 0.841 bits per heavy atom. The SMILES string of the molecule is CC1(C)C(/C=C/C2=C(Cl)C(=C/C=C3/N(CS(=O)(=O)O)c4ccccc4C3(C)C)/CCC2)=C(CCS(=O)(=O)O)c2ccccc21. The fraction of sp³-hybridized carbons (Fsp3) is 0.353. The van der Waals surface area contributed by atoms with Gasteiger partial charge in [0.2, 0.25) is 0 Å². The summed E-state index contributed by atoms with van der Waals surface area (Å²) in [5.74, 6) is -0.906. The van der Waals surface area contributed by atoms with Gasteiger partial charge in [-0.05, 0) is 76.8 Å². The molecule has 0 unspecified atom stereocenters. The first kappa shape index (κ1) is 32.4. The van der Waals surface area contributed by atoms with E-state index in [-0.39, 0.29) is 17.6 Å². The van der Waals surface area contributed by atoms with Crippen LogP contribution < -0.4 is 4.90 Å². The summed E-state index contributed by atoms with van der Waals surface area (Å²) in [6.45, 7) is 8.28. The molecule has 0 radical (unpaired) electrons. The van der Waals surface area contributed by atoms with Crippen molar-refractivity contribution in [3.05, 3.63) is 117 Å². The van der Waals surface area contributed by atoms with Crippen LogP contribution in [0.2, 0.25) is 0 Å². The van der Waals surface area contributed by atoms with E-state index in [9.17, 15) is 25.9 Å². The molecule has 0 saturated carbocycles. The van der Waals surface area contributed by atoms with E-state index in [0.29, 0.717) is 5.03 Å².